The van der Waals surface area contributed by atoms with Crippen LogP contribution in [-0.4, -0.2) is 11.2 Å². The van der Waals surface area contributed by atoms with Crippen molar-refractivity contribution in [3.63, 3.8) is 0 Å². The lowest BCUT2D eigenvalue weighted by Crippen LogP contribution is -2.44. The van der Waals surface area contributed by atoms with Gasteiger partial charge in [-0.25, -0.2) is 4.99 Å². The van der Waals surface area contributed by atoms with Crippen LogP contribution in [-0.2, 0) is 5.88 Å². The Morgan fingerprint density at radius 1 is 1.44 bits per heavy atom. The zero-order valence-electron chi connectivity index (χ0n) is 10.6. The fourth-order valence-electron chi connectivity index (χ4n) is 2.42. The summed E-state index contributed by atoms with van der Waals surface area (Å²) >= 11 is 5.93. The Bertz CT molecular complexity index is 419. The predicted octanol–water partition coefficient (Wildman–Crippen LogP) is 2.01. The number of rotatable bonds is 3. The summed E-state index contributed by atoms with van der Waals surface area (Å²) in [4.78, 5) is 3.80. The molecular formula is C12H18ClN3O2. The molecule has 0 unspecified atom stereocenters. The van der Waals surface area contributed by atoms with E-state index in [9.17, 15) is 5.11 Å². The molecule has 0 aromatic carbocycles. The van der Waals surface area contributed by atoms with E-state index in [2.05, 4.69) is 10.3 Å². The second-order valence-corrected chi connectivity index (χ2v) is 4.95. The lowest BCUT2D eigenvalue weighted by molar-refractivity contribution is -0.791. The van der Waals surface area contributed by atoms with Gasteiger partial charge in [-0.05, 0) is 30.3 Å². The molecule has 5 nitrogen and oxygen atoms in total. The van der Waals surface area contributed by atoms with Crippen LogP contribution in [0.5, 0.6) is 0 Å². The number of hydrogen-bond donors (Lipinski definition) is 0. The Morgan fingerprint density at radius 2 is 2.11 bits per heavy atom. The molecule has 1 saturated carbocycles. The molecule has 1 fully saturated rings. The van der Waals surface area contributed by atoms with Gasteiger partial charge in [0, 0.05) is 12.8 Å². The zero-order chi connectivity index (χ0) is 13.0. The van der Waals surface area contributed by atoms with E-state index in [-0.39, 0.29) is 17.7 Å². The monoisotopic (exact) mass is 271 g/mol. The molecule has 1 aromatic rings. The Labute approximate surface area is 111 Å². The average Bonchev–Trinajstić information content (AvgIpc) is 2.57. The van der Waals surface area contributed by atoms with Crippen LogP contribution >= 0.6 is 11.6 Å². The molecule has 0 aliphatic heterocycles. The van der Waals surface area contributed by atoms with Crippen molar-refractivity contribution in [3.8, 4) is 0 Å². The van der Waals surface area contributed by atoms with E-state index >= 15 is 0 Å². The summed E-state index contributed by atoms with van der Waals surface area (Å²) < 4.78 is 6.95. The molecular weight excluding hydrogens is 254 g/mol. The number of aliphatic imine (C=N–C) groups is 1. The third-order valence-electron chi connectivity index (χ3n) is 3.29. The van der Waals surface area contributed by atoms with Crippen molar-refractivity contribution in [2.24, 2.45) is 4.99 Å². The standard InChI is InChI=1S/C12H18ClN3O2/c1-9(17)14-12-11(8-13)16(15-18-12)10-6-4-2-3-5-7-10/h10H,2-8H2,1H3. The van der Waals surface area contributed by atoms with Crippen LogP contribution in [0.25, 0.3) is 0 Å². The van der Waals surface area contributed by atoms with Crippen LogP contribution in [0.3, 0.4) is 0 Å². The van der Waals surface area contributed by atoms with Gasteiger partial charge in [0.1, 0.15) is 5.88 Å². The molecule has 6 heteroatoms. The van der Waals surface area contributed by atoms with Gasteiger partial charge >= 0.3 is 5.88 Å². The first kappa shape index (κ1) is 13.3. The maximum Gasteiger partial charge on any atom is 0.325 e. The Kier molecular flexibility index (Phi) is 4.58. The SMILES string of the molecule is C/C([O-])=N/c1on[n+](C2CCCCCC2)c1CCl. The summed E-state index contributed by atoms with van der Waals surface area (Å²) in [5.41, 5.74) is 0.707. The molecule has 18 heavy (non-hydrogen) atoms. The van der Waals surface area contributed by atoms with Gasteiger partial charge in [-0.3, -0.25) is 4.52 Å². The van der Waals surface area contributed by atoms with Gasteiger partial charge in [0.2, 0.25) is 5.27 Å². The molecule has 0 N–H and O–H groups in total. The Hall–Kier alpha value is -1.10. The lowest BCUT2D eigenvalue weighted by atomic mass is 10.1. The van der Waals surface area contributed by atoms with Crippen molar-refractivity contribution in [1.82, 2.24) is 5.27 Å². The topological polar surface area (TPSA) is 65.3 Å². The molecule has 0 atom stereocenters. The van der Waals surface area contributed by atoms with Gasteiger partial charge in [-0.15, -0.1) is 11.6 Å². The molecule has 1 aromatic heterocycles. The van der Waals surface area contributed by atoms with E-state index < -0.39 is 0 Å². The number of alkyl halides is 1. The van der Waals surface area contributed by atoms with E-state index in [1.165, 1.54) is 32.6 Å². The molecule has 2 rings (SSSR count). The molecule has 1 heterocycles. The third-order valence-corrected chi connectivity index (χ3v) is 3.55. The summed E-state index contributed by atoms with van der Waals surface area (Å²) in [6.45, 7) is 1.39. The molecule has 0 amide bonds. The van der Waals surface area contributed by atoms with Crippen LogP contribution in [0.1, 0.15) is 57.2 Å². The third kappa shape index (κ3) is 3.02. The van der Waals surface area contributed by atoms with E-state index in [0.717, 1.165) is 12.8 Å². The number of aromatic nitrogens is 2. The zero-order valence-corrected chi connectivity index (χ0v) is 11.3. The van der Waals surface area contributed by atoms with Gasteiger partial charge in [0.25, 0.3) is 5.69 Å². The predicted molar refractivity (Wildman–Crippen MR) is 65.8 cm³/mol. The highest BCUT2D eigenvalue weighted by atomic mass is 35.5. The fraction of sp³-hybridized carbons (Fsp3) is 0.750. The van der Waals surface area contributed by atoms with Gasteiger partial charge in [-0.1, -0.05) is 12.8 Å². The second kappa shape index (κ2) is 6.18. The first-order chi connectivity index (χ1) is 8.72. The lowest BCUT2D eigenvalue weighted by Gasteiger charge is -2.04. The summed E-state index contributed by atoms with van der Waals surface area (Å²) in [5.74, 6) is 0.207. The normalized spacial score (nSPS) is 18.9. The molecule has 0 saturated heterocycles. The highest BCUT2D eigenvalue weighted by Crippen LogP contribution is 2.26. The number of hydrogen-bond acceptors (Lipinski definition) is 4. The molecule has 0 spiro atoms. The first-order valence-corrected chi connectivity index (χ1v) is 6.94. The van der Waals surface area contributed by atoms with Gasteiger partial charge in [0.05, 0.1) is 0 Å². The largest absolute Gasteiger partial charge is 0.862 e. The van der Waals surface area contributed by atoms with Gasteiger partial charge < -0.3 is 5.11 Å². The highest BCUT2D eigenvalue weighted by Gasteiger charge is 2.31. The van der Waals surface area contributed by atoms with Gasteiger partial charge in [-0.2, -0.15) is 0 Å². The molecule has 1 aliphatic rings. The van der Waals surface area contributed by atoms with Crippen molar-refractivity contribution in [1.29, 1.82) is 0 Å². The van der Waals surface area contributed by atoms with E-state index in [1.807, 2.05) is 4.68 Å². The minimum absolute atomic E-state index is 0.252. The van der Waals surface area contributed by atoms with E-state index in [0.29, 0.717) is 11.7 Å². The maximum atomic E-state index is 11.0. The van der Waals surface area contributed by atoms with Crippen LogP contribution in [0.15, 0.2) is 9.52 Å². The number of nitrogens with zero attached hydrogens (tertiary/aromatic N) is 3. The minimum atomic E-state index is -0.300. The van der Waals surface area contributed by atoms with Crippen LogP contribution in [0.4, 0.5) is 5.88 Å². The van der Waals surface area contributed by atoms with Crippen LogP contribution < -0.4 is 9.79 Å². The molecule has 0 radical (unpaired) electrons. The summed E-state index contributed by atoms with van der Waals surface area (Å²) in [6, 6.07) is 0.320. The van der Waals surface area contributed by atoms with Crippen LogP contribution in [0.2, 0.25) is 0 Å². The molecule has 100 valence electrons. The smallest absolute Gasteiger partial charge is 0.325 e. The number of halogens is 1. The van der Waals surface area contributed by atoms with Crippen molar-refractivity contribution < 1.29 is 14.3 Å². The van der Waals surface area contributed by atoms with Gasteiger partial charge in [0.15, 0.2) is 6.04 Å². The van der Waals surface area contributed by atoms with Crippen molar-refractivity contribution in [2.45, 2.75) is 57.4 Å². The van der Waals surface area contributed by atoms with Crippen molar-refractivity contribution >= 4 is 23.4 Å². The second-order valence-electron chi connectivity index (χ2n) is 4.68. The van der Waals surface area contributed by atoms with Crippen LogP contribution in [0, 0.1) is 0 Å². The average molecular weight is 272 g/mol. The van der Waals surface area contributed by atoms with Crippen molar-refractivity contribution in [2.75, 3.05) is 0 Å². The molecule has 0 bridgehead atoms. The van der Waals surface area contributed by atoms with E-state index in [4.69, 9.17) is 16.1 Å². The summed E-state index contributed by atoms with van der Waals surface area (Å²) in [7, 11) is 0. The minimum Gasteiger partial charge on any atom is -0.862 e. The van der Waals surface area contributed by atoms with E-state index in [1.54, 1.807) is 0 Å². The maximum absolute atomic E-state index is 11.0. The summed E-state index contributed by atoms with van der Waals surface area (Å²) in [6.07, 6.45) is 7.11. The quantitative estimate of drug-likeness (QED) is 0.278. The Balaban J connectivity index is 2.26. The fourth-order valence-corrected chi connectivity index (χ4v) is 2.66. The Morgan fingerprint density at radius 3 is 2.67 bits per heavy atom. The highest BCUT2D eigenvalue weighted by molar-refractivity contribution is 6.17. The first-order valence-electron chi connectivity index (χ1n) is 6.41. The summed E-state index contributed by atoms with van der Waals surface area (Å²) in [5, 5.41) is 15.0. The van der Waals surface area contributed by atoms with Crippen molar-refractivity contribution in [3.05, 3.63) is 5.69 Å². The molecule has 1 aliphatic carbocycles.